The minimum absolute atomic E-state index is 0.0761. The van der Waals surface area contributed by atoms with E-state index in [9.17, 15) is 9.59 Å². The van der Waals surface area contributed by atoms with E-state index in [0.717, 1.165) is 15.7 Å². The summed E-state index contributed by atoms with van der Waals surface area (Å²) in [4.78, 5) is 25.3. The first-order valence-electron chi connectivity index (χ1n) is 7.78. The predicted molar refractivity (Wildman–Crippen MR) is 99.6 cm³/mol. The third-order valence-corrected chi connectivity index (χ3v) is 4.39. The number of likely N-dealkylation sites (N-methyl/N-ethyl adjacent to an activating group) is 1. The second-order valence-electron chi connectivity index (χ2n) is 5.49. The smallest absolute Gasteiger partial charge is 0.341 e. The molecule has 0 radical (unpaired) electrons. The van der Waals surface area contributed by atoms with E-state index >= 15 is 0 Å². The van der Waals surface area contributed by atoms with Crippen LogP contribution in [0.2, 0.25) is 0 Å². The van der Waals surface area contributed by atoms with E-state index in [0.29, 0.717) is 23.4 Å². The van der Waals surface area contributed by atoms with Crippen LogP contribution in [0, 0.1) is 0 Å². The second-order valence-corrected chi connectivity index (χ2v) is 6.40. The largest absolute Gasteiger partial charge is 0.481 e. The van der Waals surface area contributed by atoms with Crippen LogP contribution in [0.25, 0.3) is 11.6 Å². The summed E-state index contributed by atoms with van der Waals surface area (Å²) in [5.41, 5.74) is 2.95. The van der Waals surface area contributed by atoms with E-state index < -0.39 is 12.6 Å². The Balaban J connectivity index is 2.07. The molecule has 0 spiro atoms. The fourth-order valence-corrected chi connectivity index (χ4v) is 3.20. The molecule has 2 aromatic rings. The summed E-state index contributed by atoms with van der Waals surface area (Å²) in [6.07, 6.45) is 1.75. The van der Waals surface area contributed by atoms with Gasteiger partial charge in [0.05, 0.1) is 5.69 Å². The number of benzene rings is 2. The molecule has 5 nitrogen and oxygen atoms in total. The number of carbonyl (C=O) groups is 2. The lowest BCUT2D eigenvalue weighted by Gasteiger charge is -2.13. The molecule has 1 aliphatic rings. The van der Waals surface area contributed by atoms with Crippen molar-refractivity contribution in [2.45, 2.75) is 6.92 Å². The number of ether oxygens (including phenoxy) is 1. The predicted octanol–water partition coefficient (Wildman–Crippen LogP) is 3.82. The molecule has 1 aliphatic heterocycles. The molecule has 128 valence electrons. The summed E-state index contributed by atoms with van der Waals surface area (Å²) in [6, 6.07) is 12.9. The summed E-state index contributed by atoms with van der Waals surface area (Å²) in [5.74, 6) is -0.716. The zero-order chi connectivity index (χ0) is 18.0. The highest BCUT2D eigenvalue weighted by Crippen LogP contribution is 2.38. The van der Waals surface area contributed by atoms with Crippen LogP contribution in [0.4, 0.5) is 5.69 Å². The van der Waals surface area contributed by atoms with E-state index in [4.69, 9.17) is 9.84 Å². The molecule has 1 N–H and O–H groups in total. The molecule has 0 unspecified atom stereocenters. The summed E-state index contributed by atoms with van der Waals surface area (Å²) in [5, 5.41) is 8.83. The van der Waals surface area contributed by atoms with Gasteiger partial charge in [-0.1, -0.05) is 34.1 Å². The van der Waals surface area contributed by atoms with Crippen molar-refractivity contribution < 1.29 is 19.4 Å². The van der Waals surface area contributed by atoms with Gasteiger partial charge in [0.1, 0.15) is 5.75 Å². The van der Waals surface area contributed by atoms with E-state index in [1.165, 1.54) is 0 Å². The van der Waals surface area contributed by atoms with Crippen molar-refractivity contribution in [3.8, 4) is 5.75 Å². The first-order chi connectivity index (χ1) is 12.0. The van der Waals surface area contributed by atoms with Crippen LogP contribution in [0.5, 0.6) is 5.75 Å². The van der Waals surface area contributed by atoms with Gasteiger partial charge >= 0.3 is 5.97 Å². The number of amides is 1. The monoisotopic (exact) mass is 401 g/mol. The molecule has 3 rings (SSSR count). The molecule has 0 fully saturated rings. The Bertz CT molecular complexity index is 875. The SMILES string of the molecule is CCN1C(=O)/C(=C\c2cc(Br)ccc2OCC(=O)O)c2ccccc21. The molecule has 25 heavy (non-hydrogen) atoms. The maximum Gasteiger partial charge on any atom is 0.341 e. The molecule has 0 atom stereocenters. The number of aliphatic carboxylic acids is 1. The number of para-hydroxylation sites is 1. The first kappa shape index (κ1) is 17.2. The van der Waals surface area contributed by atoms with Gasteiger partial charge in [-0.3, -0.25) is 4.79 Å². The highest BCUT2D eigenvalue weighted by molar-refractivity contribution is 9.10. The normalized spacial score (nSPS) is 14.7. The van der Waals surface area contributed by atoms with Crippen LogP contribution >= 0.6 is 15.9 Å². The lowest BCUT2D eigenvalue weighted by molar-refractivity contribution is -0.139. The van der Waals surface area contributed by atoms with Crippen LogP contribution in [0.15, 0.2) is 46.9 Å². The number of rotatable bonds is 5. The quantitative estimate of drug-likeness (QED) is 0.773. The van der Waals surface area contributed by atoms with E-state index in [-0.39, 0.29) is 5.91 Å². The highest BCUT2D eigenvalue weighted by atomic mass is 79.9. The zero-order valence-electron chi connectivity index (χ0n) is 13.5. The van der Waals surface area contributed by atoms with Gasteiger partial charge in [0.15, 0.2) is 6.61 Å². The third-order valence-electron chi connectivity index (χ3n) is 3.90. The Morgan fingerprint density at radius 3 is 2.76 bits per heavy atom. The molecular weight excluding hydrogens is 386 g/mol. The van der Waals surface area contributed by atoms with Crippen molar-refractivity contribution in [2.24, 2.45) is 0 Å². The Morgan fingerprint density at radius 2 is 2.04 bits per heavy atom. The number of carbonyl (C=O) groups excluding carboxylic acids is 1. The van der Waals surface area contributed by atoms with Gasteiger partial charge in [-0.15, -0.1) is 0 Å². The molecule has 0 saturated heterocycles. The van der Waals surface area contributed by atoms with E-state index in [1.807, 2.05) is 31.2 Å². The van der Waals surface area contributed by atoms with Gasteiger partial charge in [-0.05, 0) is 37.3 Å². The van der Waals surface area contributed by atoms with Crippen molar-refractivity contribution in [1.29, 1.82) is 0 Å². The van der Waals surface area contributed by atoms with Gasteiger partial charge in [0.2, 0.25) is 0 Å². The summed E-state index contributed by atoms with van der Waals surface area (Å²) in [6.45, 7) is 2.07. The van der Waals surface area contributed by atoms with Crippen molar-refractivity contribution in [3.05, 3.63) is 58.1 Å². The van der Waals surface area contributed by atoms with Gasteiger partial charge in [-0.25, -0.2) is 4.79 Å². The maximum absolute atomic E-state index is 12.8. The van der Waals surface area contributed by atoms with Crippen LogP contribution in [-0.4, -0.2) is 30.1 Å². The molecular formula is C19H16BrNO4. The minimum Gasteiger partial charge on any atom is -0.481 e. The van der Waals surface area contributed by atoms with Crippen LogP contribution in [-0.2, 0) is 9.59 Å². The number of nitrogens with zero attached hydrogens (tertiary/aromatic N) is 1. The molecule has 0 saturated carbocycles. The van der Waals surface area contributed by atoms with Gasteiger partial charge in [0, 0.05) is 27.7 Å². The zero-order valence-corrected chi connectivity index (χ0v) is 15.1. The third kappa shape index (κ3) is 3.44. The fraction of sp³-hybridized carbons (Fsp3) is 0.158. The molecule has 6 heteroatoms. The lowest BCUT2D eigenvalue weighted by Crippen LogP contribution is -2.25. The average Bonchev–Trinajstić information content (AvgIpc) is 2.85. The topological polar surface area (TPSA) is 66.8 Å². The lowest BCUT2D eigenvalue weighted by atomic mass is 10.0. The van der Waals surface area contributed by atoms with Crippen molar-refractivity contribution >= 4 is 45.1 Å². The summed E-state index contributed by atoms with van der Waals surface area (Å²) < 4.78 is 6.16. The first-order valence-corrected chi connectivity index (χ1v) is 8.57. The molecule has 1 amide bonds. The van der Waals surface area contributed by atoms with Crippen LogP contribution in [0.3, 0.4) is 0 Å². The Labute approximate surface area is 153 Å². The molecule has 2 aromatic carbocycles. The number of anilines is 1. The van der Waals surface area contributed by atoms with Crippen molar-refractivity contribution in [2.75, 3.05) is 18.1 Å². The molecule has 0 bridgehead atoms. The van der Waals surface area contributed by atoms with Crippen LogP contribution in [0.1, 0.15) is 18.1 Å². The number of carboxylic acid groups (broad SMARTS) is 1. The summed E-state index contributed by atoms with van der Waals surface area (Å²) >= 11 is 3.40. The highest BCUT2D eigenvalue weighted by Gasteiger charge is 2.31. The number of fused-ring (bicyclic) bond motifs is 1. The van der Waals surface area contributed by atoms with Crippen molar-refractivity contribution in [3.63, 3.8) is 0 Å². The Morgan fingerprint density at radius 1 is 1.28 bits per heavy atom. The molecule has 0 aromatic heterocycles. The van der Waals surface area contributed by atoms with Crippen LogP contribution < -0.4 is 9.64 Å². The van der Waals surface area contributed by atoms with E-state index in [2.05, 4.69) is 15.9 Å². The maximum atomic E-state index is 12.8. The molecule has 0 aliphatic carbocycles. The molecule has 1 heterocycles. The van der Waals surface area contributed by atoms with Gasteiger partial charge in [-0.2, -0.15) is 0 Å². The number of hydrogen-bond acceptors (Lipinski definition) is 3. The minimum atomic E-state index is -1.05. The number of carboxylic acids is 1. The Hall–Kier alpha value is -2.60. The number of halogens is 1. The summed E-state index contributed by atoms with van der Waals surface area (Å²) in [7, 11) is 0. The number of hydrogen-bond donors (Lipinski definition) is 1. The van der Waals surface area contributed by atoms with Gasteiger partial charge < -0.3 is 14.7 Å². The second kappa shape index (κ2) is 7.11. The van der Waals surface area contributed by atoms with Crippen molar-refractivity contribution in [1.82, 2.24) is 0 Å². The standard InChI is InChI=1S/C19H16BrNO4/c1-2-21-16-6-4-3-5-14(16)15(19(21)24)10-12-9-13(20)7-8-17(12)25-11-18(22)23/h3-10H,2,11H2,1H3,(H,22,23)/b15-10-. The van der Waals surface area contributed by atoms with E-state index in [1.54, 1.807) is 29.2 Å². The fourth-order valence-electron chi connectivity index (χ4n) is 2.82. The average molecular weight is 402 g/mol. The van der Waals surface area contributed by atoms with Gasteiger partial charge in [0.25, 0.3) is 5.91 Å². The Kier molecular flexibility index (Phi) is 4.90.